The molecule has 1 fully saturated rings. The van der Waals surface area contributed by atoms with Gasteiger partial charge in [-0.1, -0.05) is 30.3 Å². The van der Waals surface area contributed by atoms with E-state index in [0.717, 1.165) is 32.1 Å². The normalized spacial score (nSPS) is 26.0. The maximum absolute atomic E-state index is 9.76. The number of rotatable bonds is 5. The molecule has 1 aliphatic rings. The molecule has 1 aromatic rings. The van der Waals surface area contributed by atoms with Gasteiger partial charge in [0, 0.05) is 12.1 Å². The highest BCUT2D eigenvalue weighted by Gasteiger charge is 2.25. The fourth-order valence-corrected chi connectivity index (χ4v) is 2.61. The molecule has 0 heterocycles. The van der Waals surface area contributed by atoms with Crippen LogP contribution in [0.25, 0.3) is 0 Å². The van der Waals surface area contributed by atoms with E-state index in [1.807, 2.05) is 0 Å². The van der Waals surface area contributed by atoms with Gasteiger partial charge in [-0.05, 0) is 44.6 Å². The highest BCUT2D eigenvalue weighted by molar-refractivity contribution is 5.14. The maximum Gasteiger partial charge on any atom is 0.0693 e. The molecule has 2 nitrogen and oxygen atoms in total. The third-order valence-electron chi connectivity index (χ3n) is 3.69. The SMILES string of the molecule is CC(CCc1ccccc1)N[C@H]1CCC[C@@H]1O. The molecule has 1 aromatic carbocycles. The Bertz CT molecular complexity index is 325. The van der Waals surface area contributed by atoms with E-state index in [9.17, 15) is 5.11 Å². The summed E-state index contributed by atoms with van der Waals surface area (Å²) in [7, 11) is 0. The molecule has 2 rings (SSSR count). The predicted molar refractivity (Wildman–Crippen MR) is 71.0 cm³/mol. The van der Waals surface area contributed by atoms with Gasteiger partial charge >= 0.3 is 0 Å². The van der Waals surface area contributed by atoms with E-state index in [4.69, 9.17) is 0 Å². The van der Waals surface area contributed by atoms with Gasteiger partial charge in [-0.25, -0.2) is 0 Å². The van der Waals surface area contributed by atoms with Gasteiger partial charge in [0.05, 0.1) is 6.10 Å². The van der Waals surface area contributed by atoms with Gasteiger partial charge in [-0.15, -0.1) is 0 Å². The zero-order valence-electron chi connectivity index (χ0n) is 10.6. The predicted octanol–water partition coefficient (Wildman–Crippen LogP) is 2.51. The second-order valence-electron chi connectivity index (χ2n) is 5.20. The van der Waals surface area contributed by atoms with Crippen molar-refractivity contribution in [3.05, 3.63) is 35.9 Å². The molecule has 0 spiro atoms. The van der Waals surface area contributed by atoms with Crippen LogP contribution in [0.2, 0.25) is 0 Å². The van der Waals surface area contributed by atoms with Crippen LogP contribution < -0.4 is 5.32 Å². The van der Waals surface area contributed by atoms with Gasteiger partial charge in [0.15, 0.2) is 0 Å². The van der Waals surface area contributed by atoms with Gasteiger partial charge in [0.2, 0.25) is 0 Å². The van der Waals surface area contributed by atoms with Gasteiger partial charge in [-0.2, -0.15) is 0 Å². The van der Waals surface area contributed by atoms with E-state index >= 15 is 0 Å². The number of nitrogens with one attached hydrogen (secondary N) is 1. The van der Waals surface area contributed by atoms with E-state index in [0.29, 0.717) is 12.1 Å². The summed E-state index contributed by atoms with van der Waals surface area (Å²) in [5, 5.41) is 13.3. The van der Waals surface area contributed by atoms with Crippen molar-refractivity contribution in [2.75, 3.05) is 0 Å². The summed E-state index contributed by atoms with van der Waals surface area (Å²) in [4.78, 5) is 0. The summed E-state index contributed by atoms with van der Waals surface area (Å²) in [6.07, 6.45) is 5.35. The molecule has 2 heteroatoms. The Kier molecular flexibility index (Phi) is 4.57. The molecule has 1 aliphatic carbocycles. The Balaban J connectivity index is 1.72. The van der Waals surface area contributed by atoms with Crippen LogP contribution in [0.5, 0.6) is 0 Å². The Labute approximate surface area is 104 Å². The summed E-state index contributed by atoms with van der Waals surface area (Å²) < 4.78 is 0. The number of aliphatic hydroxyl groups excluding tert-OH is 1. The van der Waals surface area contributed by atoms with Crippen molar-refractivity contribution >= 4 is 0 Å². The zero-order chi connectivity index (χ0) is 12.1. The molecular formula is C15H23NO. The highest BCUT2D eigenvalue weighted by Crippen LogP contribution is 2.19. The summed E-state index contributed by atoms with van der Waals surface area (Å²) in [6, 6.07) is 11.4. The Hall–Kier alpha value is -0.860. The number of aryl methyl sites for hydroxylation is 1. The van der Waals surface area contributed by atoms with Crippen molar-refractivity contribution < 1.29 is 5.11 Å². The average Bonchev–Trinajstić information content (AvgIpc) is 2.74. The first-order chi connectivity index (χ1) is 8.25. The average molecular weight is 233 g/mol. The lowest BCUT2D eigenvalue weighted by Crippen LogP contribution is -2.41. The molecule has 94 valence electrons. The van der Waals surface area contributed by atoms with Crippen LogP contribution in [0.15, 0.2) is 30.3 Å². The molecule has 17 heavy (non-hydrogen) atoms. The number of hydrogen-bond acceptors (Lipinski definition) is 2. The molecule has 1 saturated carbocycles. The highest BCUT2D eigenvalue weighted by atomic mass is 16.3. The van der Waals surface area contributed by atoms with Gasteiger partial charge in [0.25, 0.3) is 0 Å². The quantitative estimate of drug-likeness (QED) is 0.819. The monoisotopic (exact) mass is 233 g/mol. The third kappa shape index (κ3) is 3.83. The fraction of sp³-hybridized carbons (Fsp3) is 0.600. The lowest BCUT2D eigenvalue weighted by Gasteiger charge is -2.22. The molecule has 3 atom stereocenters. The largest absolute Gasteiger partial charge is 0.392 e. The van der Waals surface area contributed by atoms with Gasteiger partial charge in [-0.3, -0.25) is 0 Å². The first-order valence-electron chi connectivity index (χ1n) is 6.74. The van der Waals surface area contributed by atoms with Crippen molar-refractivity contribution in [3.8, 4) is 0 Å². The Morgan fingerprint density at radius 3 is 2.71 bits per heavy atom. The van der Waals surface area contributed by atoms with Crippen LogP contribution in [0, 0.1) is 0 Å². The van der Waals surface area contributed by atoms with Crippen molar-refractivity contribution in [1.82, 2.24) is 5.32 Å². The molecule has 0 saturated heterocycles. The van der Waals surface area contributed by atoms with E-state index in [1.165, 1.54) is 5.56 Å². The Morgan fingerprint density at radius 1 is 1.29 bits per heavy atom. The summed E-state index contributed by atoms with van der Waals surface area (Å²) in [5.41, 5.74) is 1.40. The minimum Gasteiger partial charge on any atom is -0.392 e. The number of aliphatic hydroxyl groups is 1. The van der Waals surface area contributed by atoms with Crippen LogP contribution >= 0.6 is 0 Å². The van der Waals surface area contributed by atoms with Crippen LogP contribution in [0.4, 0.5) is 0 Å². The first-order valence-corrected chi connectivity index (χ1v) is 6.74. The van der Waals surface area contributed by atoms with Crippen molar-refractivity contribution in [2.24, 2.45) is 0 Å². The molecule has 1 unspecified atom stereocenters. The van der Waals surface area contributed by atoms with E-state index < -0.39 is 0 Å². The lowest BCUT2D eigenvalue weighted by molar-refractivity contribution is 0.143. The topological polar surface area (TPSA) is 32.3 Å². The third-order valence-corrected chi connectivity index (χ3v) is 3.69. The summed E-state index contributed by atoms with van der Waals surface area (Å²) >= 11 is 0. The minimum atomic E-state index is -0.130. The first kappa shape index (κ1) is 12.6. The molecule has 0 radical (unpaired) electrons. The second kappa shape index (κ2) is 6.18. The van der Waals surface area contributed by atoms with Crippen LogP contribution in [-0.2, 0) is 6.42 Å². The Morgan fingerprint density at radius 2 is 2.06 bits per heavy atom. The van der Waals surface area contributed by atoms with Crippen LogP contribution in [-0.4, -0.2) is 23.3 Å². The van der Waals surface area contributed by atoms with Crippen LogP contribution in [0.1, 0.15) is 38.2 Å². The molecular weight excluding hydrogens is 210 g/mol. The van der Waals surface area contributed by atoms with Crippen molar-refractivity contribution in [2.45, 2.75) is 57.2 Å². The molecule has 0 aliphatic heterocycles. The molecule has 0 amide bonds. The standard InChI is InChI=1S/C15H23NO/c1-12(16-14-8-5-9-15(14)17)10-11-13-6-3-2-4-7-13/h2-4,6-7,12,14-17H,5,8-11H2,1H3/t12?,14-,15-/m0/s1. The summed E-state index contributed by atoms with van der Waals surface area (Å²) in [5.74, 6) is 0. The number of hydrogen-bond donors (Lipinski definition) is 2. The van der Waals surface area contributed by atoms with Crippen molar-refractivity contribution in [3.63, 3.8) is 0 Å². The fourth-order valence-electron chi connectivity index (χ4n) is 2.61. The number of benzene rings is 1. The van der Waals surface area contributed by atoms with E-state index in [2.05, 4.69) is 42.6 Å². The minimum absolute atomic E-state index is 0.130. The molecule has 0 aromatic heterocycles. The summed E-state index contributed by atoms with van der Waals surface area (Å²) in [6.45, 7) is 2.22. The van der Waals surface area contributed by atoms with E-state index in [1.54, 1.807) is 0 Å². The lowest BCUT2D eigenvalue weighted by atomic mass is 10.1. The van der Waals surface area contributed by atoms with Gasteiger partial charge in [0.1, 0.15) is 0 Å². The van der Waals surface area contributed by atoms with E-state index in [-0.39, 0.29) is 6.10 Å². The van der Waals surface area contributed by atoms with Crippen molar-refractivity contribution in [1.29, 1.82) is 0 Å². The maximum atomic E-state index is 9.76. The molecule has 0 bridgehead atoms. The second-order valence-corrected chi connectivity index (χ2v) is 5.20. The smallest absolute Gasteiger partial charge is 0.0693 e. The zero-order valence-corrected chi connectivity index (χ0v) is 10.6. The van der Waals surface area contributed by atoms with Crippen LogP contribution in [0.3, 0.4) is 0 Å². The van der Waals surface area contributed by atoms with Gasteiger partial charge < -0.3 is 10.4 Å². The molecule has 2 N–H and O–H groups in total.